The Morgan fingerprint density at radius 3 is 2.58 bits per heavy atom. The highest BCUT2D eigenvalue weighted by Crippen LogP contribution is 2.29. The van der Waals surface area contributed by atoms with Gasteiger partial charge >= 0.3 is 5.97 Å². The highest BCUT2D eigenvalue weighted by Gasteiger charge is 2.22. The minimum absolute atomic E-state index is 0.171. The van der Waals surface area contributed by atoms with Crippen LogP contribution in [0, 0.1) is 6.92 Å². The minimum atomic E-state index is -0.708. The Hall–Kier alpha value is -4.14. The molecule has 3 aromatic heterocycles. The number of benzene rings is 1. The molecule has 0 aliphatic heterocycles. The zero-order valence-electron chi connectivity index (χ0n) is 17.0. The van der Waals surface area contributed by atoms with Crippen LogP contribution in [0.5, 0.6) is 11.5 Å². The van der Waals surface area contributed by atoms with Gasteiger partial charge in [-0.15, -0.1) is 0 Å². The summed E-state index contributed by atoms with van der Waals surface area (Å²) in [5, 5.41) is 4.29. The standard InChI is InChI=1S/C22H18N2O7/c1-12-20-14(10-15(17-5-4-8-29-17)23-21(20)31-24-12)22(26)30-11-16(25)13-6-7-18(27-2)19(9-13)28-3/h4-10H,11H2,1-3H3. The van der Waals surface area contributed by atoms with E-state index in [1.165, 1.54) is 32.6 Å². The summed E-state index contributed by atoms with van der Waals surface area (Å²) in [5.74, 6) is 0.238. The molecule has 0 radical (unpaired) electrons. The number of methoxy groups -OCH3 is 2. The molecule has 0 N–H and O–H groups in total. The van der Waals surface area contributed by atoms with E-state index in [0.717, 1.165) is 0 Å². The molecule has 0 amide bonds. The smallest absolute Gasteiger partial charge is 0.339 e. The van der Waals surface area contributed by atoms with E-state index in [9.17, 15) is 9.59 Å². The van der Waals surface area contributed by atoms with Crippen LogP contribution >= 0.6 is 0 Å². The van der Waals surface area contributed by atoms with Gasteiger partial charge in [-0.25, -0.2) is 9.78 Å². The summed E-state index contributed by atoms with van der Waals surface area (Å²) in [4.78, 5) is 29.7. The molecular weight excluding hydrogens is 404 g/mol. The van der Waals surface area contributed by atoms with Gasteiger partial charge in [-0.05, 0) is 43.3 Å². The van der Waals surface area contributed by atoms with Crippen molar-refractivity contribution >= 4 is 22.9 Å². The molecule has 158 valence electrons. The molecule has 0 saturated heterocycles. The maximum Gasteiger partial charge on any atom is 0.339 e. The monoisotopic (exact) mass is 422 g/mol. The maximum atomic E-state index is 12.8. The first-order valence-electron chi connectivity index (χ1n) is 9.25. The summed E-state index contributed by atoms with van der Waals surface area (Å²) in [7, 11) is 2.97. The fraction of sp³-hybridized carbons (Fsp3) is 0.182. The first-order chi connectivity index (χ1) is 15.0. The molecule has 4 rings (SSSR count). The average molecular weight is 422 g/mol. The van der Waals surface area contributed by atoms with Crippen molar-refractivity contribution < 1.29 is 32.7 Å². The number of fused-ring (bicyclic) bond motifs is 1. The van der Waals surface area contributed by atoms with Gasteiger partial charge in [0.15, 0.2) is 29.6 Å². The predicted octanol–water partition coefficient (Wildman–Crippen LogP) is 3.85. The van der Waals surface area contributed by atoms with Crippen LogP contribution in [0.15, 0.2) is 51.6 Å². The van der Waals surface area contributed by atoms with Crippen LogP contribution in [0.2, 0.25) is 0 Å². The van der Waals surface area contributed by atoms with Crippen molar-refractivity contribution in [3.63, 3.8) is 0 Å². The quantitative estimate of drug-likeness (QED) is 0.323. The zero-order chi connectivity index (χ0) is 22.0. The van der Waals surface area contributed by atoms with Gasteiger partial charge in [-0.3, -0.25) is 4.79 Å². The van der Waals surface area contributed by atoms with Gasteiger partial charge in [0.1, 0.15) is 5.69 Å². The Balaban J connectivity index is 1.59. The lowest BCUT2D eigenvalue weighted by atomic mass is 10.1. The number of ether oxygens (including phenoxy) is 3. The SMILES string of the molecule is COc1ccc(C(=O)COC(=O)c2cc(-c3ccco3)nc3onc(C)c23)cc1OC. The molecule has 0 spiro atoms. The fourth-order valence-electron chi connectivity index (χ4n) is 3.11. The second-order valence-electron chi connectivity index (χ2n) is 6.55. The summed E-state index contributed by atoms with van der Waals surface area (Å²) in [5.41, 5.74) is 1.53. The van der Waals surface area contributed by atoms with Gasteiger partial charge in [-0.2, -0.15) is 0 Å². The van der Waals surface area contributed by atoms with E-state index in [-0.39, 0.29) is 11.3 Å². The van der Waals surface area contributed by atoms with Crippen LogP contribution in [0.4, 0.5) is 0 Å². The van der Waals surface area contributed by atoms with Gasteiger partial charge in [0.05, 0.1) is 37.1 Å². The molecule has 0 aliphatic carbocycles. The van der Waals surface area contributed by atoms with Crippen LogP contribution in [0.1, 0.15) is 26.4 Å². The number of aryl methyl sites for hydroxylation is 1. The zero-order valence-corrected chi connectivity index (χ0v) is 17.0. The normalized spacial score (nSPS) is 10.8. The van der Waals surface area contributed by atoms with Crippen LogP contribution in [-0.4, -0.2) is 42.7 Å². The third kappa shape index (κ3) is 3.85. The first-order valence-corrected chi connectivity index (χ1v) is 9.25. The number of rotatable bonds is 7. The van der Waals surface area contributed by atoms with Crippen molar-refractivity contribution in [2.24, 2.45) is 0 Å². The lowest BCUT2D eigenvalue weighted by Gasteiger charge is -2.10. The fourth-order valence-corrected chi connectivity index (χ4v) is 3.11. The molecule has 31 heavy (non-hydrogen) atoms. The number of aromatic nitrogens is 2. The average Bonchev–Trinajstić information content (AvgIpc) is 3.46. The van der Waals surface area contributed by atoms with Crippen LogP contribution in [0.25, 0.3) is 22.6 Å². The van der Waals surface area contributed by atoms with E-state index in [0.29, 0.717) is 39.6 Å². The lowest BCUT2D eigenvalue weighted by Crippen LogP contribution is -2.15. The predicted molar refractivity (Wildman–Crippen MR) is 108 cm³/mol. The van der Waals surface area contributed by atoms with Crippen molar-refractivity contribution in [2.45, 2.75) is 6.92 Å². The van der Waals surface area contributed by atoms with Gasteiger partial charge in [-0.1, -0.05) is 5.16 Å². The number of Topliss-reactive ketones (excluding diaryl/α,β-unsaturated/α-hetero) is 1. The summed E-state index contributed by atoms with van der Waals surface area (Å²) < 4.78 is 26.2. The second kappa shape index (κ2) is 8.31. The van der Waals surface area contributed by atoms with Crippen LogP contribution < -0.4 is 9.47 Å². The number of esters is 1. The molecule has 0 saturated carbocycles. The Morgan fingerprint density at radius 1 is 1.06 bits per heavy atom. The Bertz CT molecular complexity index is 1260. The Kier molecular flexibility index (Phi) is 5.40. The Morgan fingerprint density at radius 2 is 1.87 bits per heavy atom. The largest absolute Gasteiger partial charge is 0.493 e. The summed E-state index contributed by atoms with van der Waals surface area (Å²) in [6, 6.07) is 9.63. The minimum Gasteiger partial charge on any atom is -0.493 e. The molecule has 0 unspecified atom stereocenters. The third-order valence-corrected chi connectivity index (χ3v) is 4.65. The molecule has 0 bridgehead atoms. The molecule has 3 heterocycles. The summed E-state index contributed by atoms with van der Waals surface area (Å²) in [6.45, 7) is 1.23. The number of pyridine rings is 1. The van der Waals surface area contributed by atoms with Gasteiger partial charge in [0, 0.05) is 5.56 Å². The summed E-state index contributed by atoms with van der Waals surface area (Å²) in [6.07, 6.45) is 1.49. The van der Waals surface area contributed by atoms with Crippen molar-refractivity contribution in [3.05, 3.63) is 59.5 Å². The van der Waals surface area contributed by atoms with E-state index < -0.39 is 18.4 Å². The maximum absolute atomic E-state index is 12.8. The lowest BCUT2D eigenvalue weighted by molar-refractivity contribution is 0.0476. The van der Waals surface area contributed by atoms with E-state index in [1.54, 1.807) is 31.2 Å². The number of furan rings is 1. The van der Waals surface area contributed by atoms with E-state index >= 15 is 0 Å². The van der Waals surface area contributed by atoms with E-state index in [1.807, 2.05) is 0 Å². The first kappa shape index (κ1) is 20.1. The molecule has 0 aliphatic rings. The van der Waals surface area contributed by atoms with E-state index in [4.69, 9.17) is 23.2 Å². The van der Waals surface area contributed by atoms with Crippen molar-refractivity contribution in [1.82, 2.24) is 10.1 Å². The topological polar surface area (TPSA) is 114 Å². The van der Waals surface area contributed by atoms with Gasteiger partial charge in [0.2, 0.25) is 0 Å². The highest BCUT2D eigenvalue weighted by atomic mass is 16.5. The van der Waals surface area contributed by atoms with Gasteiger partial charge < -0.3 is 23.2 Å². The second-order valence-corrected chi connectivity index (χ2v) is 6.55. The molecule has 0 fully saturated rings. The molecular formula is C22H18N2O7. The van der Waals surface area contributed by atoms with Crippen LogP contribution in [0.3, 0.4) is 0 Å². The highest BCUT2D eigenvalue weighted by molar-refractivity contribution is 6.05. The molecule has 1 aromatic carbocycles. The number of carbonyl (C=O) groups is 2. The molecule has 0 atom stereocenters. The summed E-state index contributed by atoms with van der Waals surface area (Å²) >= 11 is 0. The van der Waals surface area contributed by atoms with Crippen molar-refractivity contribution in [2.75, 3.05) is 20.8 Å². The van der Waals surface area contributed by atoms with Crippen molar-refractivity contribution in [1.29, 1.82) is 0 Å². The van der Waals surface area contributed by atoms with E-state index in [2.05, 4.69) is 10.1 Å². The number of hydrogen-bond acceptors (Lipinski definition) is 9. The number of carbonyl (C=O) groups excluding carboxylic acids is 2. The Labute approximate surface area is 176 Å². The molecule has 4 aromatic rings. The number of nitrogens with zero attached hydrogens (tertiary/aromatic N) is 2. The number of ketones is 1. The third-order valence-electron chi connectivity index (χ3n) is 4.65. The molecule has 9 nitrogen and oxygen atoms in total. The number of hydrogen-bond donors (Lipinski definition) is 0. The molecule has 9 heteroatoms. The van der Waals surface area contributed by atoms with Crippen LogP contribution in [-0.2, 0) is 4.74 Å². The van der Waals surface area contributed by atoms with Crippen molar-refractivity contribution in [3.8, 4) is 23.0 Å². The van der Waals surface area contributed by atoms with Gasteiger partial charge in [0.25, 0.3) is 5.71 Å².